The van der Waals surface area contributed by atoms with Crippen molar-refractivity contribution in [3.63, 3.8) is 0 Å². The standard InChI is InChI=1S/C23H28O4/c1-15(2)14-26-21(24)17-11-7-8-12-18(17)22(25)27-20-16(3)10-9-13-19(20)23(4,5)6/h7-13,15H,14H2,1-6H3. The number of para-hydroxylation sites is 1. The number of ether oxygens (including phenoxy) is 2. The third-order valence-corrected chi connectivity index (χ3v) is 4.13. The van der Waals surface area contributed by atoms with E-state index in [4.69, 9.17) is 9.47 Å². The number of benzene rings is 2. The Morgan fingerprint density at radius 3 is 2.07 bits per heavy atom. The van der Waals surface area contributed by atoms with Gasteiger partial charge in [-0.3, -0.25) is 0 Å². The second kappa shape index (κ2) is 8.38. The fourth-order valence-electron chi connectivity index (χ4n) is 2.69. The molecule has 4 heteroatoms. The number of hydrogen-bond acceptors (Lipinski definition) is 4. The first-order valence-electron chi connectivity index (χ1n) is 9.19. The molecule has 0 bridgehead atoms. The summed E-state index contributed by atoms with van der Waals surface area (Å²) in [4.78, 5) is 25.3. The van der Waals surface area contributed by atoms with E-state index in [1.807, 2.05) is 39.0 Å². The maximum atomic E-state index is 12.9. The highest BCUT2D eigenvalue weighted by atomic mass is 16.5. The van der Waals surface area contributed by atoms with Crippen LogP contribution < -0.4 is 4.74 Å². The Morgan fingerprint density at radius 2 is 1.52 bits per heavy atom. The average Bonchev–Trinajstić information content (AvgIpc) is 2.60. The van der Waals surface area contributed by atoms with E-state index in [-0.39, 0.29) is 22.5 Å². The summed E-state index contributed by atoms with van der Waals surface area (Å²) in [6.45, 7) is 12.3. The van der Waals surface area contributed by atoms with Gasteiger partial charge in [0.15, 0.2) is 0 Å². The van der Waals surface area contributed by atoms with Crippen molar-refractivity contribution in [2.24, 2.45) is 5.92 Å². The molecule has 0 unspecified atom stereocenters. The summed E-state index contributed by atoms with van der Waals surface area (Å²) >= 11 is 0. The molecule has 0 N–H and O–H groups in total. The van der Waals surface area contributed by atoms with E-state index in [0.29, 0.717) is 12.4 Å². The van der Waals surface area contributed by atoms with Gasteiger partial charge in [-0.25, -0.2) is 9.59 Å². The first-order chi connectivity index (χ1) is 12.6. The Kier molecular flexibility index (Phi) is 6.42. The number of aryl methyl sites for hydroxylation is 1. The fraction of sp³-hybridized carbons (Fsp3) is 0.391. The molecule has 27 heavy (non-hydrogen) atoms. The second-order valence-corrected chi connectivity index (χ2v) is 8.13. The zero-order chi connectivity index (χ0) is 20.2. The van der Waals surface area contributed by atoms with Crippen molar-refractivity contribution >= 4 is 11.9 Å². The lowest BCUT2D eigenvalue weighted by Gasteiger charge is -2.23. The molecule has 0 amide bonds. The van der Waals surface area contributed by atoms with E-state index >= 15 is 0 Å². The summed E-state index contributed by atoms with van der Waals surface area (Å²) in [6.07, 6.45) is 0. The van der Waals surface area contributed by atoms with Crippen LogP contribution in [0, 0.1) is 12.8 Å². The molecule has 0 saturated heterocycles. The van der Waals surface area contributed by atoms with Crippen LogP contribution in [0.15, 0.2) is 42.5 Å². The second-order valence-electron chi connectivity index (χ2n) is 8.13. The highest BCUT2D eigenvalue weighted by Gasteiger charge is 2.25. The molecule has 144 valence electrons. The van der Waals surface area contributed by atoms with Crippen LogP contribution in [0.1, 0.15) is 66.5 Å². The average molecular weight is 368 g/mol. The molecular formula is C23H28O4. The monoisotopic (exact) mass is 368 g/mol. The molecule has 0 heterocycles. The van der Waals surface area contributed by atoms with Crippen molar-refractivity contribution in [2.45, 2.75) is 47.0 Å². The quantitative estimate of drug-likeness (QED) is 0.529. The molecule has 0 aliphatic carbocycles. The van der Waals surface area contributed by atoms with Gasteiger partial charge in [0.05, 0.1) is 17.7 Å². The van der Waals surface area contributed by atoms with Crippen molar-refractivity contribution in [1.29, 1.82) is 0 Å². The van der Waals surface area contributed by atoms with Crippen LogP contribution in [-0.4, -0.2) is 18.5 Å². The maximum Gasteiger partial charge on any atom is 0.344 e. The van der Waals surface area contributed by atoms with Gasteiger partial charge in [0, 0.05) is 5.56 Å². The smallest absolute Gasteiger partial charge is 0.344 e. The Bertz CT molecular complexity index is 829. The van der Waals surface area contributed by atoms with Crippen molar-refractivity contribution in [1.82, 2.24) is 0 Å². The molecule has 2 aromatic rings. The first-order valence-corrected chi connectivity index (χ1v) is 9.19. The van der Waals surface area contributed by atoms with E-state index in [0.717, 1.165) is 11.1 Å². The minimum absolute atomic E-state index is 0.183. The lowest BCUT2D eigenvalue weighted by Crippen LogP contribution is -2.20. The fourth-order valence-corrected chi connectivity index (χ4v) is 2.69. The Labute approximate surface area is 161 Å². The van der Waals surface area contributed by atoms with E-state index < -0.39 is 11.9 Å². The number of esters is 2. The number of hydrogen-bond donors (Lipinski definition) is 0. The molecule has 0 saturated carbocycles. The Morgan fingerprint density at radius 1 is 0.926 bits per heavy atom. The van der Waals surface area contributed by atoms with Gasteiger partial charge in [0.25, 0.3) is 0 Å². The zero-order valence-corrected chi connectivity index (χ0v) is 17.0. The molecule has 0 aromatic heterocycles. The van der Waals surface area contributed by atoms with Crippen LogP contribution in [-0.2, 0) is 10.2 Å². The van der Waals surface area contributed by atoms with Crippen molar-refractivity contribution in [3.8, 4) is 5.75 Å². The van der Waals surface area contributed by atoms with E-state index in [1.165, 1.54) is 0 Å². The third-order valence-electron chi connectivity index (χ3n) is 4.13. The molecule has 0 fully saturated rings. The van der Waals surface area contributed by atoms with Crippen LogP contribution in [0.4, 0.5) is 0 Å². The first kappa shape index (κ1) is 20.7. The topological polar surface area (TPSA) is 52.6 Å². The number of rotatable bonds is 5. The van der Waals surface area contributed by atoms with Gasteiger partial charge in [-0.1, -0.05) is 65.0 Å². The summed E-state index contributed by atoms with van der Waals surface area (Å²) in [7, 11) is 0. The summed E-state index contributed by atoms with van der Waals surface area (Å²) in [5, 5.41) is 0. The van der Waals surface area contributed by atoms with E-state index in [2.05, 4.69) is 20.8 Å². The summed E-state index contributed by atoms with van der Waals surface area (Å²) in [6, 6.07) is 12.4. The highest BCUT2D eigenvalue weighted by molar-refractivity contribution is 6.03. The lowest BCUT2D eigenvalue weighted by atomic mass is 9.85. The summed E-state index contributed by atoms with van der Waals surface area (Å²) in [5.74, 6) is -0.321. The summed E-state index contributed by atoms with van der Waals surface area (Å²) < 4.78 is 11.0. The van der Waals surface area contributed by atoms with E-state index in [9.17, 15) is 9.59 Å². The van der Waals surface area contributed by atoms with Crippen molar-refractivity contribution in [3.05, 3.63) is 64.7 Å². The Balaban J connectivity index is 2.35. The zero-order valence-electron chi connectivity index (χ0n) is 17.0. The maximum absolute atomic E-state index is 12.9. The van der Waals surface area contributed by atoms with Crippen LogP contribution >= 0.6 is 0 Å². The minimum atomic E-state index is -0.563. The molecular weight excluding hydrogens is 340 g/mol. The molecule has 0 radical (unpaired) electrons. The number of carbonyl (C=O) groups excluding carboxylic acids is 2. The lowest BCUT2D eigenvalue weighted by molar-refractivity contribution is 0.0452. The molecule has 0 atom stereocenters. The van der Waals surface area contributed by atoms with Crippen molar-refractivity contribution < 1.29 is 19.1 Å². The number of carbonyl (C=O) groups is 2. The third kappa shape index (κ3) is 5.19. The molecule has 0 aliphatic heterocycles. The molecule has 0 spiro atoms. The summed E-state index contributed by atoms with van der Waals surface area (Å²) in [5.41, 5.74) is 2.05. The van der Waals surface area contributed by atoms with Crippen LogP contribution in [0.25, 0.3) is 0 Å². The highest BCUT2D eigenvalue weighted by Crippen LogP contribution is 2.34. The van der Waals surface area contributed by atoms with Gasteiger partial charge >= 0.3 is 11.9 Å². The van der Waals surface area contributed by atoms with Gasteiger partial charge in [-0.05, 0) is 36.0 Å². The van der Waals surface area contributed by atoms with E-state index in [1.54, 1.807) is 24.3 Å². The predicted octanol–water partition coefficient (Wildman–Crippen LogP) is 5.32. The normalized spacial score (nSPS) is 11.4. The van der Waals surface area contributed by atoms with Gasteiger partial charge < -0.3 is 9.47 Å². The molecule has 2 aromatic carbocycles. The minimum Gasteiger partial charge on any atom is -0.462 e. The van der Waals surface area contributed by atoms with Crippen LogP contribution in [0.5, 0.6) is 5.75 Å². The van der Waals surface area contributed by atoms with Gasteiger partial charge in [-0.15, -0.1) is 0 Å². The van der Waals surface area contributed by atoms with Gasteiger partial charge in [0.2, 0.25) is 0 Å². The van der Waals surface area contributed by atoms with Gasteiger partial charge in [-0.2, -0.15) is 0 Å². The Hall–Kier alpha value is -2.62. The SMILES string of the molecule is Cc1cccc(C(C)(C)C)c1OC(=O)c1ccccc1C(=O)OCC(C)C. The molecule has 4 nitrogen and oxygen atoms in total. The van der Waals surface area contributed by atoms with Crippen LogP contribution in [0.3, 0.4) is 0 Å². The predicted molar refractivity (Wildman–Crippen MR) is 106 cm³/mol. The molecule has 0 aliphatic rings. The van der Waals surface area contributed by atoms with Crippen LogP contribution in [0.2, 0.25) is 0 Å². The van der Waals surface area contributed by atoms with Gasteiger partial charge in [0.1, 0.15) is 5.75 Å². The largest absolute Gasteiger partial charge is 0.462 e. The van der Waals surface area contributed by atoms with Crippen molar-refractivity contribution in [2.75, 3.05) is 6.61 Å². The molecule has 2 rings (SSSR count).